The molecule has 0 radical (unpaired) electrons. The first kappa shape index (κ1) is 11.8. The Labute approximate surface area is 113 Å². The van der Waals surface area contributed by atoms with Gasteiger partial charge < -0.3 is 9.47 Å². The predicted molar refractivity (Wildman–Crippen MR) is 76.5 cm³/mol. The molecule has 0 spiro atoms. The molecule has 19 heavy (non-hydrogen) atoms. The molecule has 0 saturated carbocycles. The van der Waals surface area contributed by atoms with E-state index in [2.05, 4.69) is 12.6 Å². The van der Waals surface area contributed by atoms with Crippen LogP contribution in [0.1, 0.15) is 23.7 Å². The topological polar surface area (TPSA) is 18.5 Å². The average Bonchev–Trinajstić information content (AvgIpc) is 2.48. The zero-order valence-electron chi connectivity index (χ0n) is 10.7. The molecule has 0 aliphatic carbocycles. The van der Waals surface area contributed by atoms with Crippen molar-refractivity contribution < 1.29 is 9.47 Å². The highest BCUT2D eigenvalue weighted by atomic mass is 16.5. The van der Waals surface area contributed by atoms with E-state index >= 15 is 0 Å². The summed E-state index contributed by atoms with van der Waals surface area (Å²) in [5, 5.41) is 0. The maximum Gasteiger partial charge on any atom is 0.131 e. The van der Waals surface area contributed by atoms with E-state index in [1.165, 1.54) is 0 Å². The van der Waals surface area contributed by atoms with Gasteiger partial charge in [-0.3, -0.25) is 0 Å². The Morgan fingerprint density at radius 1 is 1.11 bits per heavy atom. The van der Waals surface area contributed by atoms with E-state index in [0.29, 0.717) is 6.61 Å². The van der Waals surface area contributed by atoms with Crippen molar-refractivity contribution in [2.45, 2.75) is 12.5 Å². The number of rotatable bonds is 3. The Morgan fingerprint density at radius 3 is 2.68 bits per heavy atom. The van der Waals surface area contributed by atoms with Gasteiger partial charge in [0.25, 0.3) is 0 Å². The van der Waals surface area contributed by atoms with Crippen LogP contribution < -0.4 is 9.47 Å². The summed E-state index contributed by atoms with van der Waals surface area (Å²) in [4.78, 5) is 0. The average molecular weight is 252 g/mol. The summed E-state index contributed by atoms with van der Waals surface area (Å²) in [7, 11) is 0. The lowest BCUT2D eigenvalue weighted by atomic mass is 10.0. The third kappa shape index (κ3) is 2.48. The molecule has 0 bridgehead atoms. The van der Waals surface area contributed by atoms with Gasteiger partial charge in [0.2, 0.25) is 0 Å². The lowest BCUT2D eigenvalue weighted by molar-refractivity contribution is 0.136. The standard InChI is InChI=1S/C17H16O2/c1-2-13-7-9-14(10-8-13)19-17-11-12-18-16-6-4-3-5-15(16)17/h2-10,17H,1,11-12H2. The van der Waals surface area contributed by atoms with Crippen LogP contribution >= 0.6 is 0 Å². The molecule has 1 unspecified atom stereocenters. The second-order valence-corrected chi connectivity index (χ2v) is 4.55. The Hall–Kier alpha value is -2.22. The molecule has 2 aromatic carbocycles. The molecule has 2 nitrogen and oxygen atoms in total. The maximum atomic E-state index is 6.07. The lowest BCUT2D eigenvalue weighted by Gasteiger charge is -2.26. The summed E-state index contributed by atoms with van der Waals surface area (Å²) in [5.74, 6) is 1.81. The molecule has 0 amide bonds. The van der Waals surface area contributed by atoms with Gasteiger partial charge in [0, 0.05) is 12.0 Å². The fourth-order valence-corrected chi connectivity index (χ4v) is 2.28. The third-order valence-electron chi connectivity index (χ3n) is 3.30. The van der Waals surface area contributed by atoms with Crippen LogP contribution in [0, 0.1) is 0 Å². The molecule has 3 rings (SSSR count). The van der Waals surface area contributed by atoms with Crippen molar-refractivity contribution in [1.82, 2.24) is 0 Å². The maximum absolute atomic E-state index is 6.07. The number of para-hydroxylation sites is 1. The monoisotopic (exact) mass is 252 g/mol. The molecular formula is C17H16O2. The molecular weight excluding hydrogens is 236 g/mol. The van der Waals surface area contributed by atoms with E-state index in [4.69, 9.17) is 9.47 Å². The molecule has 96 valence electrons. The van der Waals surface area contributed by atoms with E-state index in [1.54, 1.807) is 0 Å². The van der Waals surface area contributed by atoms with Gasteiger partial charge in [-0.15, -0.1) is 0 Å². The summed E-state index contributed by atoms with van der Waals surface area (Å²) in [6.07, 6.45) is 2.77. The molecule has 1 aliphatic rings. The highest BCUT2D eigenvalue weighted by molar-refractivity contribution is 5.48. The lowest BCUT2D eigenvalue weighted by Crippen LogP contribution is -2.18. The van der Waals surface area contributed by atoms with Crippen molar-refractivity contribution in [1.29, 1.82) is 0 Å². The van der Waals surface area contributed by atoms with Gasteiger partial charge in [0.1, 0.15) is 17.6 Å². The Balaban J connectivity index is 1.82. The largest absolute Gasteiger partial charge is 0.493 e. The van der Waals surface area contributed by atoms with Gasteiger partial charge in [-0.1, -0.05) is 43.0 Å². The van der Waals surface area contributed by atoms with Crippen LogP contribution in [0.5, 0.6) is 11.5 Å². The van der Waals surface area contributed by atoms with Crippen LogP contribution in [-0.2, 0) is 0 Å². The smallest absolute Gasteiger partial charge is 0.131 e. The molecule has 0 saturated heterocycles. The fraction of sp³-hybridized carbons (Fsp3) is 0.176. The van der Waals surface area contributed by atoms with Gasteiger partial charge in [-0.2, -0.15) is 0 Å². The van der Waals surface area contributed by atoms with Crippen molar-refractivity contribution in [3.63, 3.8) is 0 Å². The zero-order chi connectivity index (χ0) is 13.1. The van der Waals surface area contributed by atoms with Crippen LogP contribution in [0.3, 0.4) is 0 Å². The number of benzene rings is 2. The number of ether oxygens (including phenoxy) is 2. The minimum atomic E-state index is 0.0690. The van der Waals surface area contributed by atoms with Crippen molar-refractivity contribution in [3.8, 4) is 11.5 Å². The molecule has 1 atom stereocenters. The van der Waals surface area contributed by atoms with Crippen molar-refractivity contribution >= 4 is 6.08 Å². The van der Waals surface area contributed by atoms with Crippen LogP contribution in [0.4, 0.5) is 0 Å². The first-order valence-corrected chi connectivity index (χ1v) is 6.48. The van der Waals surface area contributed by atoms with Crippen molar-refractivity contribution in [2.75, 3.05) is 6.61 Å². The Kier molecular flexibility index (Phi) is 3.23. The van der Waals surface area contributed by atoms with E-state index in [-0.39, 0.29) is 6.10 Å². The SMILES string of the molecule is C=Cc1ccc(OC2CCOc3ccccc32)cc1. The molecule has 2 aromatic rings. The molecule has 0 N–H and O–H groups in total. The molecule has 0 fully saturated rings. The summed E-state index contributed by atoms with van der Waals surface area (Å²) < 4.78 is 11.7. The van der Waals surface area contributed by atoms with Crippen LogP contribution in [0.25, 0.3) is 6.08 Å². The van der Waals surface area contributed by atoms with E-state index in [9.17, 15) is 0 Å². The predicted octanol–water partition coefficient (Wildman–Crippen LogP) is 4.23. The van der Waals surface area contributed by atoms with Gasteiger partial charge in [0.05, 0.1) is 6.61 Å². The van der Waals surface area contributed by atoms with E-state index in [1.807, 2.05) is 48.5 Å². The van der Waals surface area contributed by atoms with Gasteiger partial charge in [-0.05, 0) is 23.8 Å². The van der Waals surface area contributed by atoms with Crippen LogP contribution in [0.15, 0.2) is 55.1 Å². The second-order valence-electron chi connectivity index (χ2n) is 4.55. The Bertz CT molecular complexity index is 572. The van der Waals surface area contributed by atoms with Crippen LogP contribution in [-0.4, -0.2) is 6.61 Å². The molecule has 2 heteroatoms. The number of fused-ring (bicyclic) bond motifs is 1. The molecule has 1 heterocycles. The van der Waals surface area contributed by atoms with Crippen LogP contribution in [0.2, 0.25) is 0 Å². The van der Waals surface area contributed by atoms with Gasteiger partial charge in [0.15, 0.2) is 0 Å². The fourth-order valence-electron chi connectivity index (χ4n) is 2.28. The number of hydrogen-bond acceptors (Lipinski definition) is 2. The minimum absolute atomic E-state index is 0.0690. The minimum Gasteiger partial charge on any atom is -0.493 e. The quantitative estimate of drug-likeness (QED) is 0.813. The zero-order valence-corrected chi connectivity index (χ0v) is 10.7. The first-order chi connectivity index (χ1) is 9.36. The van der Waals surface area contributed by atoms with E-state index < -0.39 is 0 Å². The summed E-state index contributed by atoms with van der Waals surface area (Å²) in [5.41, 5.74) is 2.22. The molecule has 0 aromatic heterocycles. The number of hydrogen-bond donors (Lipinski definition) is 0. The van der Waals surface area contributed by atoms with Gasteiger partial charge in [-0.25, -0.2) is 0 Å². The second kappa shape index (κ2) is 5.19. The Morgan fingerprint density at radius 2 is 1.89 bits per heavy atom. The van der Waals surface area contributed by atoms with Crippen molar-refractivity contribution in [3.05, 3.63) is 66.2 Å². The highest BCUT2D eigenvalue weighted by Gasteiger charge is 2.22. The normalized spacial score (nSPS) is 17.2. The molecule has 1 aliphatic heterocycles. The van der Waals surface area contributed by atoms with E-state index in [0.717, 1.165) is 29.0 Å². The summed E-state index contributed by atoms with van der Waals surface area (Å²) in [6, 6.07) is 16.0. The third-order valence-corrected chi connectivity index (χ3v) is 3.30. The highest BCUT2D eigenvalue weighted by Crippen LogP contribution is 2.34. The summed E-state index contributed by atoms with van der Waals surface area (Å²) in [6.45, 7) is 4.45. The van der Waals surface area contributed by atoms with Gasteiger partial charge >= 0.3 is 0 Å². The summed E-state index contributed by atoms with van der Waals surface area (Å²) >= 11 is 0. The van der Waals surface area contributed by atoms with Crippen molar-refractivity contribution in [2.24, 2.45) is 0 Å². The first-order valence-electron chi connectivity index (χ1n) is 6.48.